The fraction of sp³-hybridized carbons (Fsp3) is 0.200. The fourth-order valence-electron chi connectivity index (χ4n) is 2.97. The van der Waals surface area contributed by atoms with Crippen LogP contribution in [-0.4, -0.2) is 26.7 Å². The Morgan fingerprint density at radius 3 is 2.52 bits per heavy atom. The van der Waals surface area contributed by atoms with Crippen molar-refractivity contribution in [3.63, 3.8) is 0 Å². The number of aryl methyl sites for hydroxylation is 1. The van der Waals surface area contributed by atoms with Crippen molar-refractivity contribution in [1.29, 1.82) is 0 Å². The number of hydrogen-bond donors (Lipinski definition) is 3. The number of nitrogens with one attached hydrogen (secondary N) is 3. The van der Waals surface area contributed by atoms with Crippen molar-refractivity contribution in [2.24, 2.45) is 7.05 Å². The van der Waals surface area contributed by atoms with Crippen molar-refractivity contribution in [2.75, 3.05) is 0 Å². The summed E-state index contributed by atoms with van der Waals surface area (Å²) in [5, 5.41) is 6.81. The maximum Gasteiger partial charge on any atom is 0.334 e. The molecule has 1 atom stereocenters. The molecular weight excluding hydrogens is 430 g/mol. The molecule has 0 saturated heterocycles. The number of hydrazine groups is 1. The van der Waals surface area contributed by atoms with Gasteiger partial charge in [-0.05, 0) is 36.8 Å². The molecule has 0 aliphatic rings. The third-order valence-corrected chi connectivity index (χ3v) is 4.53. The number of amides is 3. The molecular formula is C20H19ClF2N6O2. The van der Waals surface area contributed by atoms with Gasteiger partial charge in [-0.1, -0.05) is 11.6 Å². The molecule has 2 heterocycles. The van der Waals surface area contributed by atoms with Gasteiger partial charge in [0.2, 0.25) is 5.91 Å². The minimum Gasteiger partial charge on any atom is -0.329 e. The van der Waals surface area contributed by atoms with Gasteiger partial charge < -0.3 is 5.32 Å². The molecule has 3 rings (SSSR count). The zero-order valence-electron chi connectivity index (χ0n) is 16.8. The second-order valence-electron chi connectivity index (χ2n) is 6.78. The van der Waals surface area contributed by atoms with Crippen LogP contribution >= 0.6 is 11.6 Å². The zero-order chi connectivity index (χ0) is 22.7. The van der Waals surface area contributed by atoms with Crippen LogP contribution in [0.5, 0.6) is 0 Å². The molecule has 0 bridgehead atoms. The predicted molar refractivity (Wildman–Crippen MR) is 111 cm³/mol. The number of benzene rings is 1. The minimum atomic E-state index is -0.811. The van der Waals surface area contributed by atoms with Crippen LogP contribution in [0.1, 0.15) is 25.6 Å². The molecule has 0 spiro atoms. The van der Waals surface area contributed by atoms with E-state index in [1.165, 1.54) is 36.9 Å². The topological polar surface area (TPSA) is 101 Å². The van der Waals surface area contributed by atoms with Crippen LogP contribution in [0.2, 0.25) is 5.02 Å². The number of carbonyl (C=O) groups excluding carboxylic acids is 2. The van der Waals surface area contributed by atoms with Gasteiger partial charge in [-0.2, -0.15) is 5.10 Å². The molecule has 8 nitrogen and oxygen atoms in total. The Labute approximate surface area is 181 Å². The number of pyridine rings is 1. The van der Waals surface area contributed by atoms with Crippen molar-refractivity contribution >= 4 is 23.5 Å². The molecule has 3 amide bonds. The van der Waals surface area contributed by atoms with Crippen molar-refractivity contribution in [3.8, 4) is 22.4 Å². The lowest BCUT2D eigenvalue weighted by molar-refractivity contribution is -0.119. The van der Waals surface area contributed by atoms with E-state index in [4.69, 9.17) is 11.6 Å². The van der Waals surface area contributed by atoms with Crippen LogP contribution in [0.15, 0.2) is 36.7 Å². The van der Waals surface area contributed by atoms with E-state index < -0.39 is 29.6 Å². The third-order valence-electron chi connectivity index (χ3n) is 4.32. The van der Waals surface area contributed by atoms with Crippen LogP contribution in [0.4, 0.5) is 13.6 Å². The first-order valence-electron chi connectivity index (χ1n) is 9.13. The molecule has 0 aliphatic carbocycles. The summed E-state index contributed by atoms with van der Waals surface area (Å²) < 4.78 is 31.1. The number of nitrogens with zero attached hydrogens (tertiary/aromatic N) is 3. The normalized spacial score (nSPS) is 11.7. The molecule has 0 radical (unpaired) electrons. The first-order valence-corrected chi connectivity index (χ1v) is 9.51. The molecule has 11 heteroatoms. The average molecular weight is 449 g/mol. The monoisotopic (exact) mass is 448 g/mol. The van der Waals surface area contributed by atoms with Gasteiger partial charge in [0.25, 0.3) is 0 Å². The van der Waals surface area contributed by atoms with E-state index in [1.807, 2.05) is 0 Å². The van der Waals surface area contributed by atoms with Gasteiger partial charge in [0.1, 0.15) is 11.6 Å². The summed E-state index contributed by atoms with van der Waals surface area (Å²) in [6.45, 7) is 2.75. The highest BCUT2D eigenvalue weighted by atomic mass is 35.5. The summed E-state index contributed by atoms with van der Waals surface area (Å²) >= 11 is 6.03. The van der Waals surface area contributed by atoms with Gasteiger partial charge in [0.15, 0.2) is 0 Å². The van der Waals surface area contributed by atoms with Crippen molar-refractivity contribution in [2.45, 2.75) is 19.9 Å². The minimum absolute atomic E-state index is 0.0383. The molecule has 162 valence electrons. The molecule has 3 aromatic rings. The van der Waals surface area contributed by atoms with Crippen molar-refractivity contribution in [3.05, 3.63) is 59.0 Å². The highest BCUT2D eigenvalue weighted by molar-refractivity contribution is 6.31. The summed E-state index contributed by atoms with van der Waals surface area (Å²) in [4.78, 5) is 26.7. The Bertz CT molecular complexity index is 1150. The largest absolute Gasteiger partial charge is 0.334 e. The number of rotatable bonds is 4. The maximum atomic E-state index is 14.8. The predicted octanol–water partition coefficient (Wildman–Crippen LogP) is 3.49. The van der Waals surface area contributed by atoms with E-state index in [-0.39, 0.29) is 16.3 Å². The molecule has 1 aromatic carbocycles. The summed E-state index contributed by atoms with van der Waals surface area (Å²) in [5.41, 5.74) is 5.33. The van der Waals surface area contributed by atoms with E-state index in [0.29, 0.717) is 16.8 Å². The van der Waals surface area contributed by atoms with E-state index in [2.05, 4.69) is 26.3 Å². The van der Waals surface area contributed by atoms with Crippen LogP contribution in [0.3, 0.4) is 0 Å². The summed E-state index contributed by atoms with van der Waals surface area (Å²) in [6, 6.07) is 3.94. The summed E-state index contributed by atoms with van der Waals surface area (Å²) in [5.74, 6) is -1.78. The number of carbonyl (C=O) groups is 2. The Morgan fingerprint density at radius 1 is 1.16 bits per heavy atom. The number of aromatic nitrogens is 3. The van der Waals surface area contributed by atoms with E-state index in [9.17, 15) is 18.4 Å². The first kappa shape index (κ1) is 22.2. The molecule has 31 heavy (non-hydrogen) atoms. The number of urea groups is 1. The second-order valence-corrected chi connectivity index (χ2v) is 7.21. The molecule has 0 aliphatic heterocycles. The van der Waals surface area contributed by atoms with E-state index in [1.54, 1.807) is 19.3 Å². The zero-order valence-corrected chi connectivity index (χ0v) is 17.6. The average Bonchev–Trinajstić information content (AvgIpc) is 3.11. The standard InChI is InChI=1S/C20H19ClF2N6O2/c1-10(25-20(31)27-26-11(2)30)19-16(23)6-12(9-24-19)14-7-13(21)8-15(22)18(14)17-4-5-29(3)28-17/h4-10H,1-3H3,(H,26,30)(H2,25,27,31)/t10-/m1/s1. The number of halogens is 3. The Hall–Kier alpha value is -3.53. The van der Waals surface area contributed by atoms with Gasteiger partial charge in [0.05, 0.1) is 17.4 Å². The quantitative estimate of drug-likeness (QED) is 0.532. The van der Waals surface area contributed by atoms with E-state index >= 15 is 0 Å². The lowest BCUT2D eigenvalue weighted by Crippen LogP contribution is -2.46. The highest BCUT2D eigenvalue weighted by Crippen LogP contribution is 2.36. The summed E-state index contributed by atoms with van der Waals surface area (Å²) in [7, 11) is 1.70. The first-order chi connectivity index (χ1) is 14.7. The summed E-state index contributed by atoms with van der Waals surface area (Å²) in [6.07, 6.45) is 3.02. The van der Waals surface area contributed by atoms with E-state index in [0.717, 1.165) is 6.07 Å². The van der Waals surface area contributed by atoms with Gasteiger partial charge in [-0.15, -0.1) is 0 Å². The van der Waals surface area contributed by atoms with Gasteiger partial charge >= 0.3 is 6.03 Å². The highest BCUT2D eigenvalue weighted by Gasteiger charge is 2.20. The van der Waals surface area contributed by atoms with Crippen LogP contribution in [0, 0.1) is 11.6 Å². The van der Waals surface area contributed by atoms with Crippen molar-refractivity contribution in [1.82, 2.24) is 30.9 Å². The molecule has 2 aromatic heterocycles. The van der Waals surface area contributed by atoms with Crippen LogP contribution < -0.4 is 16.2 Å². The molecule has 0 fully saturated rings. The molecule has 0 saturated carbocycles. The van der Waals surface area contributed by atoms with Crippen LogP contribution in [-0.2, 0) is 11.8 Å². The molecule has 0 unspecified atom stereocenters. The lowest BCUT2D eigenvalue weighted by Gasteiger charge is -2.16. The van der Waals surface area contributed by atoms with Crippen molar-refractivity contribution < 1.29 is 18.4 Å². The Morgan fingerprint density at radius 2 is 1.90 bits per heavy atom. The Balaban J connectivity index is 1.93. The SMILES string of the molecule is CC(=O)NNC(=O)N[C@H](C)c1ncc(-c2cc(Cl)cc(F)c2-c2ccn(C)n2)cc1F. The third kappa shape index (κ3) is 5.15. The van der Waals surface area contributed by atoms with Gasteiger partial charge in [-0.3, -0.25) is 19.9 Å². The smallest absolute Gasteiger partial charge is 0.329 e. The maximum absolute atomic E-state index is 14.8. The molecule has 3 N–H and O–H groups in total. The second kappa shape index (κ2) is 9.09. The van der Waals surface area contributed by atoms with Crippen LogP contribution in [0.25, 0.3) is 22.4 Å². The van der Waals surface area contributed by atoms with Gasteiger partial charge in [-0.25, -0.2) is 19.0 Å². The number of hydrogen-bond acceptors (Lipinski definition) is 4. The lowest BCUT2D eigenvalue weighted by atomic mass is 9.97. The fourth-order valence-corrected chi connectivity index (χ4v) is 3.18. The Kier molecular flexibility index (Phi) is 6.50. The van der Waals surface area contributed by atoms with Gasteiger partial charge in [0, 0.05) is 42.5 Å².